The maximum atomic E-state index is 10.7. The van der Waals surface area contributed by atoms with E-state index in [9.17, 15) is 5.11 Å². The minimum atomic E-state index is -0.691. The largest absolute Gasteiger partial charge is 0.496 e. The first-order valence-corrected chi connectivity index (χ1v) is 7.66. The lowest BCUT2D eigenvalue weighted by Crippen LogP contribution is -2.35. The van der Waals surface area contributed by atoms with Crippen LogP contribution in [0.3, 0.4) is 0 Å². The van der Waals surface area contributed by atoms with E-state index < -0.39 is 6.10 Å². The highest BCUT2D eigenvalue weighted by Gasteiger charge is 2.31. The zero-order valence-corrected chi connectivity index (χ0v) is 13.5. The molecule has 3 aromatic rings. The van der Waals surface area contributed by atoms with Gasteiger partial charge in [-0.25, -0.2) is 9.97 Å². The van der Waals surface area contributed by atoms with E-state index in [-0.39, 0.29) is 0 Å². The predicted octanol–water partition coefficient (Wildman–Crippen LogP) is 1.80. The van der Waals surface area contributed by atoms with Gasteiger partial charge in [-0.1, -0.05) is 0 Å². The molecular formula is C17H18N4O3. The Morgan fingerprint density at radius 2 is 2.00 bits per heavy atom. The van der Waals surface area contributed by atoms with E-state index in [0.717, 1.165) is 28.2 Å². The van der Waals surface area contributed by atoms with Crippen LogP contribution in [0.5, 0.6) is 11.5 Å². The summed E-state index contributed by atoms with van der Waals surface area (Å²) in [6, 6.07) is 3.69. The molecule has 1 atom stereocenters. The predicted molar refractivity (Wildman–Crippen MR) is 88.5 cm³/mol. The number of anilines is 1. The van der Waals surface area contributed by atoms with Gasteiger partial charge in [-0.15, -0.1) is 0 Å². The third-order valence-corrected chi connectivity index (χ3v) is 4.41. The number of fused-ring (bicyclic) bond motifs is 2. The smallest absolute Gasteiger partial charge is 0.154 e. The van der Waals surface area contributed by atoms with Gasteiger partial charge in [0.05, 0.1) is 33.3 Å². The SMILES string of the molecule is COc1ccc(OC)c2c1CN(c1nccn3cncc13)CC2O. The van der Waals surface area contributed by atoms with Gasteiger partial charge in [0.2, 0.25) is 0 Å². The van der Waals surface area contributed by atoms with Crippen LogP contribution in [0.15, 0.2) is 37.1 Å². The van der Waals surface area contributed by atoms with E-state index in [2.05, 4.69) is 9.97 Å². The third-order valence-electron chi connectivity index (χ3n) is 4.41. The van der Waals surface area contributed by atoms with Crippen LogP contribution in [-0.2, 0) is 6.54 Å². The standard InChI is InChI=1S/C17H18N4O3/c1-23-14-3-4-15(24-2)16-11(14)8-21(9-13(16)22)17-12-7-18-10-20(12)6-5-19-17/h3-7,10,13,22H,8-9H2,1-2H3. The number of benzene rings is 1. The number of hydrogen-bond acceptors (Lipinski definition) is 6. The fraction of sp³-hybridized carbons (Fsp3) is 0.294. The zero-order chi connectivity index (χ0) is 16.7. The quantitative estimate of drug-likeness (QED) is 0.791. The number of aliphatic hydroxyl groups is 1. The lowest BCUT2D eigenvalue weighted by molar-refractivity contribution is 0.169. The second-order valence-corrected chi connectivity index (χ2v) is 5.70. The molecule has 0 saturated heterocycles. The van der Waals surface area contributed by atoms with Crippen molar-refractivity contribution in [1.29, 1.82) is 0 Å². The summed E-state index contributed by atoms with van der Waals surface area (Å²) in [6.07, 6.45) is 6.40. The van der Waals surface area contributed by atoms with Crippen LogP contribution in [0.1, 0.15) is 17.2 Å². The molecule has 3 heterocycles. The number of rotatable bonds is 3. The molecule has 0 aliphatic carbocycles. The van der Waals surface area contributed by atoms with Gasteiger partial charge < -0.3 is 23.9 Å². The van der Waals surface area contributed by atoms with Crippen molar-refractivity contribution >= 4 is 11.3 Å². The number of nitrogens with zero attached hydrogens (tertiary/aromatic N) is 4. The zero-order valence-electron chi connectivity index (χ0n) is 13.5. The van der Waals surface area contributed by atoms with Crippen LogP contribution >= 0.6 is 0 Å². The molecule has 1 aliphatic heterocycles. The van der Waals surface area contributed by atoms with Crippen LogP contribution in [0.2, 0.25) is 0 Å². The maximum Gasteiger partial charge on any atom is 0.154 e. The molecule has 24 heavy (non-hydrogen) atoms. The number of aromatic nitrogens is 3. The number of ether oxygens (including phenoxy) is 2. The van der Waals surface area contributed by atoms with Crippen molar-refractivity contribution in [1.82, 2.24) is 14.4 Å². The molecule has 0 fully saturated rings. The molecule has 124 valence electrons. The van der Waals surface area contributed by atoms with E-state index in [0.29, 0.717) is 18.8 Å². The lowest BCUT2D eigenvalue weighted by Gasteiger charge is -2.34. The van der Waals surface area contributed by atoms with Gasteiger partial charge in [0.25, 0.3) is 0 Å². The maximum absolute atomic E-state index is 10.7. The molecule has 1 aromatic carbocycles. The molecule has 2 aromatic heterocycles. The molecule has 0 bridgehead atoms. The van der Waals surface area contributed by atoms with Crippen LogP contribution < -0.4 is 14.4 Å². The second kappa shape index (κ2) is 5.68. The molecule has 1 aliphatic rings. The van der Waals surface area contributed by atoms with Gasteiger partial charge in [0, 0.05) is 30.1 Å². The molecular weight excluding hydrogens is 308 g/mol. The first-order chi connectivity index (χ1) is 11.7. The number of aliphatic hydroxyl groups excluding tert-OH is 1. The molecule has 1 N–H and O–H groups in total. The molecule has 7 heteroatoms. The Hall–Kier alpha value is -2.80. The Morgan fingerprint density at radius 1 is 1.21 bits per heavy atom. The highest BCUT2D eigenvalue weighted by atomic mass is 16.5. The van der Waals surface area contributed by atoms with Gasteiger partial charge in [-0.3, -0.25) is 0 Å². The van der Waals surface area contributed by atoms with Crippen molar-refractivity contribution in [2.24, 2.45) is 0 Å². The Labute approximate surface area is 139 Å². The van der Waals surface area contributed by atoms with Crippen molar-refractivity contribution in [2.75, 3.05) is 25.7 Å². The second-order valence-electron chi connectivity index (χ2n) is 5.70. The summed E-state index contributed by atoms with van der Waals surface area (Å²) in [5.41, 5.74) is 2.60. The third kappa shape index (κ3) is 2.16. The van der Waals surface area contributed by atoms with E-state index in [1.165, 1.54) is 0 Å². The average molecular weight is 326 g/mol. The topological polar surface area (TPSA) is 72.1 Å². The van der Waals surface area contributed by atoms with Gasteiger partial charge >= 0.3 is 0 Å². The van der Waals surface area contributed by atoms with Gasteiger partial charge in [-0.2, -0.15) is 0 Å². The van der Waals surface area contributed by atoms with Crippen molar-refractivity contribution in [2.45, 2.75) is 12.6 Å². The Bertz CT molecular complexity index is 893. The molecule has 0 amide bonds. The van der Waals surface area contributed by atoms with Crippen LogP contribution in [0.4, 0.5) is 5.82 Å². The highest BCUT2D eigenvalue weighted by Crippen LogP contribution is 2.40. The number of imidazole rings is 1. The Balaban J connectivity index is 1.83. The fourth-order valence-electron chi connectivity index (χ4n) is 3.32. The van der Waals surface area contributed by atoms with Gasteiger partial charge in [0.1, 0.15) is 23.1 Å². The summed E-state index contributed by atoms with van der Waals surface area (Å²) in [5.74, 6) is 2.19. The summed E-state index contributed by atoms with van der Waals surface area (Å²) >= 11 is 0. The van der Waals surface area contributed by atoms with Crippen molar-refractivity contribution in [3.05, 3.63) is 48.2 Å². The minimum Gasteiger partial charge on any atom is -0.496 e. The first-order valence-electron chi connectivity index (χ1n) is 7.66. The number of hydrogen-bond donors (Lipinski definition) is 1. The van der Waals surface area contributed by atoms with Crippen LogP contribution in [0.25, 0.3) is 5.52 Å². The van der Waals surface area contributed by atoms with Gasteiger partial charge in [0.15, 0.2) is 5.82 Å². The minimum absolute atomic E-state index is 0.425. The lowest BCUT2D eigenvalue weighted by atomic mass is 9.95. The summed E-state index contributed by atoms with van der Waals surface area (Å²) in [5, 5.41) is 10.7. The Kier molecular flexibility index (Phi) is 3.50. The molecule has 7 nitrogen and oxygen atoms in total. The summed E-state index contributed by atoms with van der Waals surface area (Å²) < 4.78 is 12.8. The molecule has 0 radical (unpaired) electrons. The monoisotopic (exact) mass is 326 g/mol. The number of methoxy groups -OCH3 is 2. The first kappa shape index (κ1) is 14.8. The van der Waals surface area contributed by atoms with Crippen molar-refractivity contribution in [3.8, 4) is 11.5 Å². The number of β-amino-alcohol motifs (C(OH)–C–C–N with tert-alkyl or cyclic N) is 1. The Morgan fingerprint density at radius 3 is 2.79 bits per heavy atom. The normalized spacial score (nSPS) is 17.0. The summed E-state index contributed by atoms with van der Waals surface area (Å²) in [7, 11) is 3.24. The van der Waals surface area contributed by atoms with Crippen molar-refractivity contribution in [3.63, 3.8) is 0 Å². The van der Waals surface area contributed by atoms with Crippen LogP contribution in [-0.4, -0.2) is 40.2 Å². The molecule has 1 unspecified atom stereocenters. The van der Waals surface area contributed by atoms with Crippen LogP contribution in [0, 0.1) is 0 Å². The summed E-state index contributed by atoms with van der Waals surface area (Å²) in [6.45, 7) is 0.999. The van der Waals surface area contributed by atoms with Crippen molar-refractivity contribution < 1.29 is 14.6 Å². The van der Waals surface area contributed by atoms with E-state index in [1.807, 2.05) is 27.6 Å². The fourth-order valence-corrected chi connectivity index (χ4v) is 3.32. The van der Waals surface area contributed by atoms with Gasteiger partial charge in [-0.05, 0) is 12.1 Å². The van der Waals surface area contributed by atoms with E-state index in [4.69, 9.17) is 9.47 Å². The molecule has 0 saturated carbocycles. The average Bonchev–Trinajstić information content (AvgIpc) is 3.09. The molecule has 4 rings (SSSR count). The highest BCUT2D eigenvalue weighted by molar-refractivity contribution is 5.69. The van der Waals surface area contributed by atoms with E-state index in [1.54, 1.807) is 32.9 Å². The molecule has 0 spiro atoms. The van der Waals surface area contributed by atoms with E-state index >= 15 is 0 Å². The summed E-state index contributed by atoms with van der Waals surface area (Å²) in [4.78, 5) is 10.7.